The zero-order valence-corrected chi connectivity index (χ0v) is 26.5. The van der Waals surface area contributed by atoms with Gasteiger partial charge in [-0.1, -0.05) is 67.1 Å². The van der Waals surface area contributed by atoms with Crippen LogP contribution in [0.3, 0.4) is 0 Å². The summed E-state index contributed by atoms with van der Waals surface area (Å²) < 4.78 is 34.7. The lowest BCUT2D eigenvalue weighted by molar-refractivity contribution is 0.0389. The molecule has 0 saturated carbocycles. The fourth-order valence-corrected chi connectivity index (χ4v) is 6.59. The molecule has 4 aromatic carbocycles. The van der Waals surface area contributed by atoms with Crippen LogP contribution in [0.15, 0.2) is 89.8 Å². The van der Waals surface area contributed by atoms with Crippen LogP contribution < -0.4 is 15.4 Å². The van der Waals surface area contributed by atoms with Crippen LogP contribution in [0, 0.1) is 12.8 Å². The molecule has 1 aliphatic rings. The van der Waals surface area contributed by atoms with Gasteiger partial charge in [0.05, 0.1) is 41.0 Å². The van der Waals surface area contributed by atoms with E-state index in [-0.39, 0.29) is 53.4 Å². The van der Waals surface area contributed by atoms with Crippen LogP contribution in [0.1, 0.15) is 29.8 Å². The van der Waals surface area contributed by atoms with Gasteiger partial charge in [0, 0.05) is 24.9 Å². The summed E-state index contributed by atoms with van der Waals surface area (Å²) in [6.45, 7) is 5.44. The van der Waals surface area contributed by atoms with Gasteiger partial charge in [-0.2, -0.15) is 4.31 Å². The zero-order chi connectivity index (χ0) is 32.3. The highest BCUT2D eigenvalue weighted by atomic mass is 32.2. The summed E-state index contributed by atoms with van der Waals surface area (Å²) >= 11 is 0. The van der Waals surface area contributed by atoms with E-state index in [9.17, 15) is 23.1 Å². The standard InChI is InChI=1S/C34H38N4O6S/c1-22-15-17-26(18-16-22)45(42,43)37(4)20-31-23(2)19-38(24(3)21-39)33(40)28-12-8-14-30(32(28)44-31)36-34(41)35-29-13-7-10-25-9-5-6-11-27(25)29/h5-18,23-24,31,39H,19-21H2,1-4H3,(H2,35,36,41)/t23-,24+,31-/m0/s1. The summed E-state index contributed by atoms with van der Waals surface area (Å²) in [6, 6.07) is 23.7. The Morgan fingerprint density at radius 2 is 1.64 bits per heavy atom. The molecule has 0 radical (unpaired) electrons. The number of sulfonamides is 1. The molecular weight excluding hydrogens is 592 g/mol. The summed E-state index contributed by atoms with van der Waals surface area (Å²) in [5.74, 6) is -0.580. The smallest absolute Gasteiger partial charge is 0.323 e. The first kappa shape index (κ1) is 32.0. The van der Waals surface area contributed by atoms with Crippen LogP contribution in [0.4, 0.5) is 16.2 Å². The molecule has 4 aromatic rings. The average Bonchev–Trinajstić information content (AvgIpc) is 3.03. The number of anilines is 2. The van der Waals surface area contributed by atoms with E-state index in [0.29, 0.717) is 5.69 Å². The van der Waals surface area contributed by atoms with Crippen molar-refractivity contribution in [3.8, 4) is 5.75 Å². The van der Waals surface area contributed by atoms with Crippen LogP contribution in [0.2, 0.25) is 0 Å². The molecule has 3 amide bonds. The van der Waals surface area contributed by atoms with E-state index in [2.05, 4.69) is 10.6 Å². The largest absolute Gasteiger partial charge is 0.486 e. The second-order valence-electron chi connectivity index (χ2n) is 11.5. The lowest BCUT2D eigenvalue weighted by Gasteiger charge is -2.38. The van der Waals surface area contributed by atoms with Gasteiger partial charge in [-0.3, -0.25) is 4.79 Å². The molecule has 236 valence electrons. The molecule has 3 N–H and O–H groups in total. The molecular formula is C34H38N4O6S. The van der Waals surface area contributed by atoms with E-state index in [1.807, 2.05) is 50.2 Å². The minimum Gasteiger partial charge on any atom is -0.486 e. The number of nitrogens with zero attached hydrogens (tertiary/aromatic N) is 2. The highest BCUT2D eigenvalue weighted by Crippen LogP contribution is 2.35. The van der Waals surface area contributed by atoms with Crippen molar-refractivity contribution >= 4 is 44.1 Å². The minimum atomic E-state index is -3.85. The number of carbonyl (C=O) groups excluding carboxylic acids is 2. The summed E-state index contributed by atoms with van der Waals surface area (Å²) in [5, 5.41) is 17.5. The van der Waals surface area contributed by atoms with Gasteiger partial charge in [-0.25, -0.2) is 13.2 Å². The Kier molecular flexibility index (Phi) is 9.42. The molecule has 1 aliphatic heterocycles. The average molecular weight is 631 g/mol. The van der Waals surface area contributed by atoms with Gasteiger partial charge in [-0.05, 0) is 49.6 Å². The third-order valence-corrected chi connectivity index (χ3v) is 9.98. The first-order valence-corrected chi connectivity index (χ1v) is 16.2. The van der Waals surface area contributed by atoms with Gasteiger partial charge in [-0.15, -0.1) is 0 Å². The molecule has 0 aliphatic carbocycles. The number of nitrogens with one attached hydrogen (secondary N) is 2. The highest BCUT2D eigenvalue weighted by molar-refractivity contribution is 7.89. The Morgan fingerprint density at radius 3 is 2.38 bits per heavy atom. The predicted octanol–water partition coefficient (Wildman–Crippen LogP) is 5.33. The molecule has 0 spiro atoms. The van der Waals surface area contributed by atoms with Gasteiger partial charge >= 0.3 is 6.03 Å². The second kappa shape index (κ2) is 13.3. The van der Waals surface area contributed by atoms with Crippen molar-refractivity contribution in [2.24, 2.45) is 5.92 Å². The molecule has 0 aromatic heterocycles. The van der Waals surface area contributed by atoms with Crippen LogP contribution >= 0.6 is 0 Å². The molecule has 0 unspecified atom stereocenters. The van der Waals surface area contributed by atoms with Crippen molar-refractivity contribution in [3.63, 3.8) is 0 Å². The summed E-state index contributed by atoms with van der Waals surface area (Å²) in [4.78, 5) is 28.8. The lowest BCUT2D eigenvalue weighted by atomic mass is 9.99. The van der Waals surface area contributed by atoms with E-state index >= 15 is 0 Å². The number of para-hydroxylation sites is 1. The van der Waals surface area contributed by atoms with Crippen molar-refractivity contribution in [2.75, 3.05) is 37.4 Å². The number of likely N-dealkylation sites (N-methyl/N-ethyl adjacent to an activating group) is 1. The van der Waals surface area contributed by atoms with Gasteiger partial charge in [0.15, 0.2) is 5.75 Å². The topological polar surface area (TPSA) is 128 Å². The number of aliphatic hydroxyl groups excluding tert-OH is 1. The second-order valence-corrected chi connectivity index (χ2v) is 13.6. The molecule has 3 atom stereocenters. The van der Waals surface area contributed by atoms with Gasteiger partial charge in [0.25, 0.3) is 5.91 Å². The summed E-state index contributed by atoms with van der Waals surface area (Å²) in [7, 11) is -2.36. The predicted molar refractivity (Wildman–Crippen MR) is 175 cm³/mol. The maximum atomic E-state index is 13.8. The van der Waals surface area contributed by atoms with E-state index in [4.69, 9.17) is 4.74 Å². The lowest BCUT2D eigenvalue weighted by Crippen LogP contribution is -2.50. The molecule has 11 heteroatoms. The fraction of sp³-hybridized carbons (Fsp3) is 0.294. The molecule has 0 fully saturated rings. The fourth-order valence-electron chi connectivity index (χ4n) is 5.41. The van der Waals surface area contributed by atoms with E-state index < -0.39 is 28.2 Å². The summed E-state index contributed by atoms with van der Waals surface area (Å²) in [5.41, 5.74) is 1.99. The van der Waals surface area contributed by atoms with Crippen LogP contribution in [-0.2, 0) is 10.0 Å². The van der Waals surface area contributed by atoms with Crippen LogP contribution in [0.5, 0.6) is 5.75 Å². The molecule has 0 bridgehead atoms. The number of rotatable bonds is 8. The number of hydrogen-bond acceptors (Lipinski definition) is 6. The molecule has 0 saturated heterocycles. The first-order valence-electron chi connectivity index (χ1n) is 14.8. The first-order chi connectivity index (χ1) is 21.5. The number of carbonyl (C=O) groups is 2. The maximum absolute atomic E-state index is 13.8. The number of aryl methyl sites for hydroxylation is 1. The quantitative estimate of drug-likeness (QED) is 0.241. The van der Waals surface area contributed by atoms with E-state index in [0.717, 1.165) is 16.3 Å². The highest BCUT2D eigenvalue weighted by Gasteiger charge is 2.36. The number of ether oxygens (including phenoxy) is 1. The number of fused-ring (bicyclic) bond motifs is 2. The van der Waals surface area contributed by atoms with E-state index in [1.54, 1.807) is 60.4 Å². The number of amides is 3. The van der Waals surface area contributed by atoms with Crippen LogP contribution in [0.25, 0.3) is 10.8 Å². The van der Waals surface area contributed by atoms with Gasteiger partial charge < -0.3 is 25.4 Å². The van der Waals surface area contributed by atoms with Crippen molar-refractivity contribution < 1.29 is 27.9 Å². The maximum Gasteiger partial charge on any atom is 0.323 e. The zero-order valence-electron chi connectivity index (χ0n) is 25.7. The molecule has 5 rings (SSSR count). The third-order valence-electron chi connectivity index (χ3n) is 8.14. The third kappa shape index (κ3) is 6.80. The van der Waals surface area contributed by atoms with Crippen molar-refractivity contribution in [3.05, 3.63) is 96.1 Å². The van der Waals surface area contributed by atoms with Gasteiger partial charge in [0.2, 0.25) is 10.0 Å². The van der Waals surface area contributed by atoms with Crippen LogP contribution in [-0.4, -0.2) is 73.6 Å². The van der Waals surface area contributed by atoms with Gasteiger partial charge in [0.1, 0.15) is 6.10 Å². The molecule has 1 heterocycles. The normalized spacial score (nSPS) is 17.6. The van der Waals surface area contributed by atoms with E-state index in [1.165, 1.54) is 11.4 Å². The minimum absolute atomic E-state index is 0.0249. The Bertz CT molecular complexity index is 1810. The number of aliphatic hydroxyl groups is 1. The van der Waals surface area contributed by atoms with Crippen molar-refractivity contribution in [1.29, 1.82) is 0 Å². The van der Waals surface area contributed by atoms with Crippen molar-refractivity contribution in [2.45, 2.75) is 37.8 Å². The Hall–Kier alpha value is -4.45. The Morgan fingerprint density at radius 1 is 1.00 bits per heavy atom. The van der Waals surface area contributed by atoms with Crippen molar-refractivity contribution in [1.82, 2.24) is 9.21 Å². The Balaban J connectivity index is 1.48. The SMILES string of the molecule is Cc1ccc(S(=O)(=O)N(C)C[C@@H]2Oc3c(NC(=O)Nc4cccc5ccccc45)cccc3C(=O)N([C@H](C)CO)C[C@@H]2C)cc1. The monoisotopic (exact) mass is 630 g/mol. The Labute approximate surface area is 263 Å². The number of urea groups is 1. The molecule has 45 heavy (non-hydrogen) atoms. The number of hydrogen-bond donors (Lipinski definition) is 3. The summed E-state index contributed by atoms with van der Waals surface area (Å²) in [6.07, 6.45) is -0.709. The molecule has 10 nitrogen and oxygen atoms in total. The number of benzene rings is 4.